The van der Waals surface area contributed by atoms with Crippen LogP contribution in [0.5, 0.6) is 0 Å². The Bertz CT molecular complexity index is 2480. The van der Waals surface area contributed by atoms with Gasteiger partial charge in [0.25, 0.3) is 0 Å². The van der Waals surface area contributed by atoms with Gasteiger partial charge in [0.1, 0.15) is 11.2 Å². The maximum atomic E-state index is 6.37. The van der Waals surface area contributed by atoms with Gasteiger partial charge in [-0.2, -0.15) is 0 Å². The van der Waals surface area contributed by atoms with Crippen molar-refractivity contribution in [3.05, 3.63) is 188 Å². The molecule has 2 nitrogen and oxygen atoms in total. The minimum absolute atomic E-state index is 0.893. The summed E-state index contributed by atoms with van der Waals surface area (Å²) in [4.78, 5) is 2.39. The number of hydrogen-bond donors (Lipinski definition) is 0. The topological polar surface area (TPSA) is 16.4 Å². The standard InChI is InChI=1S/C46H31NO/c1-3-13-32(14-4-1)34-19-11-21-39(27-34)47(40-22-12-20-35(28-40)33-15-5-2-6-16-33)44-24-10-9-23-41(44)38-25-26-45-42(30-38)43-29-36-17-7-8-18-37(36)31-46(43)48-45/h1-31H. The summed E-state index contributed by atoms with van der Waals surface area (Å²) in [6, 6.07) is 67.0. The maximum Gasteiger partial charge on any atom is 0.136 e. The Morgan fingerprint density at radius 3 is 1.54 bits per heavy atom. The molecular formula is C46H31NO. The highest BCUT2D eigenvalue weighted by atomic mass is 16.3. The predicted molar refractivity (Wildman–Crippen MR) is 202 cm³/mol. The molecule has 9 aromatic rings. The third-order valence-corrected chi connectivity index (χ3v) is 9.22. The first-order valence-corrected chi connectivity index (χ1v) is 16.3. The fourth-order valence-electron chi connectivity index (χ4n) is 6.88. The van der Waals surface area contributed by atoms with E-state index in [4.69, 9.17) is 4.42 Å². The van der Waals surface area contributed by atoms with Crippen molar-refractivity contribution in [1.29, 1.82) is 0 Å². The normalized spacial score (nSPS) is 11.3. The summed E-state index contributed by atoms with van der Waals surface area (Å²) in [6.45, 7) is 0. The van der Waals surface area contributed by atoms with Crippen LogP contribution in [0, 0.1) is 0 Å². The third kappa shape index (κ3) is 5.01. The van der Waals surface area contributed by atoms with E-state index in [0.29, 0.717) is 0 Å². The second-order valence-corrected chi connectivity index (χ2v) is 12.2. The number of hydrogen-bond acceptors (Lipinski definition) is 2. The first-order chi connectivity index (χ1) is 23.8. The zero-order chi connectivity index (χ0) is 31.9. The van der Waals surface area contributed by atoms with Gasteiger partial charge >= 0.3 is 0 Å². The van der Waals surface area contributed by atoms with Crippen LogP contribution in [0.1, 0.15) is 0 Å². The molecule has 0 N–H and O–H groups in total. The summed E-state index contributed by atoms with van der Waals surface area (Å²) >= 11 is 0. The van der Waals surface area contributed by atoms with Crippen molar-refractivity contribution in [2.75, 3.05) is 4.90 Å². The van der Waals surface area contributed by atoms with Crippen molar-refractivity contribution >= 4 is 49.8 Å². The Morgan fingerprint density at radius 1 is 0.333 bits per heavy atom. The summed E-state index contributed by atoms with van der Waals surface area (Å²) in [5, 5.41) is 4.64. The van der Waals surface area contributed by atoms with E-state index < -0.39 is 0 Å². The van der Waals surface area contributed by atoms with Gasteiger partial charge in [0.15, 0.2) is 0 Å². The highest BCUT2D eigenvalue weighted by Crippen LogP contribution is 2.44. The maximum absolute atomic E-state index is 6.37. The van der Waals surface area contributed by atoms with E-state index >= 15 is 0 Å². The second-order valence-electron chi connectivity index (χ2n) is 12.2. The fraction of sp³-hybridized carbons (Fsp3) is 0. The minimum atomic E-state index is 0.893. The van der Waals surface area contributed by atoms with Gasteiger partial charge in [-0.25, -0.2) is 0 Å². The third-order valence-electron chi connectivity index (χ3n) is 9.22. The molecule has 0 aliphatic rings. The Morgan fingerprint density at radius 2 is 0.875 bits per heavy atom. The molecule has 0 saturated heterocycles. The van der Waals surface area contributed by atoms with Crippen LogP contribution in [0.4, 0.5) is 17.1 Å². The second kappa shape index (κ2) is 11.8. The molecule has 48 heavy (non-hydrogen) atoms. The summed E-state index contributed by atoms with van der Waals surface area (Å²) in [5.41, 5.74) is 12.1. The fourth-order valence-corrected chi connectivity index (χ4v) is 6.88. The lowest BCUT2D eigenvalue weighted by molar-refractivity contribution is 0.669. The molecule has 1 heterocycles. The van der Waals surface area contributed by atoms with E-state index in [2.05, 4.69) is 193 Å². The average molecular weight is 614 g/mol. The van der Waals surface area contributed by atoms with E-state index in [1.165, 1.54) is 33.0 Å². The first kappa shape index (κ1) is 27.9. The van der Waals surface area contributed by atoms with E-state index in [1.807, 2.05) is 0 Å². The van der Waals surface area contributed by atoms with Gasteiger partial charge in [0.05, 0.1) is 5.69 Å². The van der Waals surface area contributed by atoms with Crippen molar-refractivity contribution < 1.29 is 4.42 Å². The van der Waals surface area contributed by atoms with E-state index in [9.17, 15) is 0 Å². The number of rotatable bonds is 6. The molecule has 0 fully saturated rings. The van der Waals surface area contributed by atoms with Gasteiger partial charge in [0, 0.05) is 27.7 Å². The highest BCUT2D eigenvalue weighted by Gasteiger charge is 2.19. The van der Waals surface area contributed by atoms with Crippen molar-refractivity contribution in [3.8, 4) is 33.4 Å². The quantitative estimate of drug-likeness (QED) is 0.185. The Hall–Kier alpha value is -6.38. The summed E-state index contributed by atoms with van der Waals surface area (Å²) in [7, 11) is 0. The minimum Gasteiger partial charge on any atom is -0.456 e. The SMILES string of the molecule is c1ccc(-c2cccc(N(c3cccc(-c4ccccc4)c3)c3ccccc3-c3ccc4oc5cc6ccccc6cc5c4c3)c2)cc1. The van der Waals surface area contributed by atoms with Crippen LogP contribution in [0.25, 0.3) is 66.1 Å². The molecule has 0 aliphatic carbocycles. The van der Waals surface area contributed by atoms with E-state index in [1.54, 1.807) is 0 Å². The molecule has 0 atom stereocenters. The van der Waals surface area contributed by atoms with Crippen LogP contribution in [0.3, 0.4) is 0 Å². The number of fused-ring (bicyclic) bond motifs is 4. The average Bonchev–Trinajstić information content (AvgIpc) is 3.52. The zero-order valence-corrected chi connectivity index (χ0v) is 26.3. The summed E-state index contributed by atoms with van der Waals surface area (Å²) in [6.07, 6.45) is 0. The van der Waals surface area contributed by atoms with Gasteiger partial charge in [0.2, 0.25) is 0 Å². The van der Waals surface area contributed by atoms with Gasteiger partial charge in [-0.3, -0.25) is 0 Å². The predicted octanol–water partition coefficient (Wildman–Crippen LogP) is 13.2. The Kier molecular flexibility index (Phi) is 6.84. The molecule has 0 saturated carbocycles. The molecule has 1 aromatic heterocycles. The molecule has 0 unspecified atom stereocenters. The molecule has 0 aliphatic heterocycles. The molecule has 0 bridgehead atoms. The van der Waals surface area contributed by atoms with Crippen molar-refractivity contribution in [1.82, 2.24) is 0 Å². The van der Waals surface area contributed by atoms with Crippen LogP contribution < -0.4 is 4.90 Å². The zero-order valence-electron chi connectivity index (χ0n) is 26.3. The largest absolute Gasteiger partial charge is 0.456 e. The highest BCUT2D eigenvalue weighted by molar-refractivity contribution is 6.11. The van der Waals surface area contributed by atoms with Crippen LogP contribution in [0.15, 0.2) is 192 Å². The number of furan rings is 1. The lowest BCUT2D eigenvalue weighted by Crippen LogP contribution is -2.11. The van der Waals surface area contributed by atoms with Gasteiger partial charge in [-0.1, -0.05) is 133 Å². The van der Waals surface area contributed by atoms with Gasteiger partial charge in [-0.05, 0) is 93.2 Å². The number of para-hydroxylation sites is 1. The number of anilines is 3. The van der Waals surface area contributed by atoms with Crippen molar-refractivity contribution in [2.45, 2.75) is 0 Å². The monoisotopic (exact) mass is 613 g/mol. The van der Waals surface area contributed by atoms with E-state index in [-0.39, 0.29) is 0 Å². The van der Waals surface area contributed by atoms with Crippen LogP contribution in [-0.4, -0.2) is 0 Å². The lowest BCUT2D eigenvalue weighted by Gasteiger charge is -2.29. The molecule has 2 heteroatoms. The lowest BCUT2D eigenvalue weighted by atomic mass is 9.98. The van der Waals surface area contributed by atoms with Crippen molar-refractivity contribution in [3.63, 3.8) is 0 Å². The molecule has 8 aromatic carbocycles. The van der Waals surface area contributed by atoms with Gasteiger partial charge < -0.3 is 9.32 Å². The summed E-state index contributed by atoms with van der Waals surface area (Å²) < 4.78 is 6.37. The molecule has 226 valence electrons. The van der Waals surface area contributed by atoms with Crippen LogP contribution >= 0.6 is 0 Å². The number of benzene rings is 8. The molecule has 0 radical (unpaired) electrons. The Labute approximate surface area is 279 Å². The molecule has 0 amide bonds. The Balaban J connectivity index is 1.24. The number of nitrogens with zero attached hydrogens (tertiary/aromatic N) is 1. The van der Waals surface area contributed by atoms with Gasteiger partial charge in [-0.15, -0.1) is 0 Å². The molecule has 0 spiro atoms. The van der Waals surface area contributed by atoms with Crippen molar-refractivity contribution in [2.24, 2.45) is 0 Å². The first-order valence-electron chi connectivity index (χ1n) is 16.3. The molecule has 9 rings (SSSR count). The van der Waals surface area contributed by atoms with E-state index in [0.717, 1.165) is 50.1 Å². The smallest absolute Gasteiger partial charge is 0.136 e. The van der Waals surface area contributed by atoms with Crippen LogP contribution in [0.2, 0.25) is 0 Å². The van der Waals surface area contributed by atoms with Crippen LogP contribution in [-0.2, 0) is 0 Å². The molecular weight excluding hydrogens is 583 g/mol. The summed E-state index contributed by atoms with van der Waals surface area (Å²) in [5.74, 6) is 0.